The van der Waals surface area contributed by atoms with Gasteiger partial charge in [0.2, 0.25) is 5.78 Å². The van der Waals surface area contributed by atoms with E-state index in [0.717, 1.165) is 64.2 Å². The van der Waals surface area contributed by atoms with Crippen LogP contribution >= 0.6 is 0 Å². The van der Waals surface area contributed by atoms with Crippen molar-refractivity contribution in [3.63, 3.8) is 0 Å². The largest absolute Gasteiger partial charge is 0.332 e. The number of carbonyl (C=O) groups is 1. The van der Waals surface area contributed by atoms with Crippen LogP contribution in [0.15, 0.2) is 12.4 Å². The molecule has 31 heavy (non-hydrogen) atoms. The average molecular weight is 428 g/mol. The van der Waals surface area contributed by atoms with Gasteiger partial charge < -0.3 is 21.8 Å². The number of fused-ring (bicyclic) bond motifs is 5. The monoisotopic (exact) mass is 427 g/mol. The van der Waals surface area contributed by atoms with E-state index in [2.05, 4.69) is 18.8 Å². The van der Waals surface area contributed by atoms with E-state index >= 15 is 0 Å². The van der Waals surface area contributed by atoms with Crippen molar-refractivity contribution in [2.45, 2.75) is 94.7 Å². The van der Waals surface area contributed by atoms with Crippen LogP contribution in [-0.4, -0.2) is 32.0 Å². The first kappa shape index (κ1) is 21.6. The van der Waals surface area contributed by atoms with Crippen LogP contribution in [0.3, 0.4) is 0 Å². The molecule has 0 radical (unpaired) electrons. The Morgan fingerprint density at radius 3 is 2.55 bits per heavy atom. The van der Waals surface area contributed by atoms with Crippen molar-refractivity contribution >= 4 is 5.78 Å². The van der Waals surface area contributed by atoms with Gasteiger partial charge in [-0.05, 0) is 81.0 Å². The van der Waals surface area contributed by atoms with Gasteiger partial charge in [0.25, 0.3) is 0 Å². The van der Waals surface area contributed by atoms with Gasteiger partial charge in [0, 0.05) is 42.0 Å². The third-order valence-corrected chi connectivity index (χ3v) is 10.5. The molecule has 0 saturated heterocycles. The lowest BCUT2D eigenvalue weighted by atomic mass is 9.46. The zero-order valence-electron chi connectivity index (χ0n) is 19.6. The van der Waals surface area contributed by atoms with Crippen molar-refractivity contribution in [1.29, 1.82) is 0 Å². The molecule has 4 aliphatic rings. The highest BCUT2D eigenvalue weighted by atomic mass is 16.1. The zero-order chi connectivity index (χ0) is 22.2. The molecule has 1 heterocycles. The second kappa shape index (κ2) is 6.88. The maximum atomic E-state index is 13.6. The SMILES string of the molecule is C[C@H]1CC[C@]2(N)C3CCC[C@@]4(C)C(CC[C@@H]4C(=O)c4nccn4C)[C@]3(N)CC[C@]2(N)C1. The van der Waals surface area contributed by atoms with Gasteiger partial charge in [-0.2, -0.15) is 0 Å². The molecule has 0 spiro atoms. The maximum Gasteiger partial charge on any atom is 0.201 e. The zero-order valence-corrected chi connectivity index (χ0v) is 19.6. The quantitative estimate of drug-likeness (QED) is 0.628. The molecule has 172 valence electrons. The molecule has 1 aromatic heterocycles. The highest BCUT2D eigenvalue weighted by Crippen LogP contribution is 2.64. The molecule has 0 bridgehead atoms. The highest BCUT2D eigenvalue weighted by molar-refractivity contribution is 5.95. The van der Waals surface area contributed by atoms with Crippen molar-refractivity contribution in [3.8, 4) is 0 Å². The third kappa shape index (κ3) is 2.80. The average Bonchev–Trinajstić information content (AvgIpc) is 3.26. The smallest absolute Gasteiger partial charge is 0.201 e. The van der Waals surface area contributed by atoms with Crippen LogP contribution in [0.5, 0.6) is 0 Å². The van der Waals surface area contributed by atoms with Crippen LogP contribution in [0.25, 0.3) is 0 Å². The summed E-state index contributed by atoms with van der Waals surface area (Å²) in [4.78, 5) is 18.0. The van der Waals surface area contributed by atoms with Crippen LogP contribution in [-0.2, 0) is 7.05 Å². The number of nitrogens with zero attached hydrogens (tertiary/aromatic N) is 2. The predicted molar refractivity (Wildman–Crippen MR) is 122 cm³/mol. The first-order valence-corrected chi connectivity index (χ1v) is 12.4. The maximum absolute atomic E-state index is 13.6. The lowest BCUT2D eigenvalue weighted by Gasteiger charge is -2.65. The molecule has 4 saturated carbocycles. The number of ketones is 1. The summed E-state index contributed by atoms with van der Waals surface area (Å²) in [5, 5.41) is 0. The number of aryl methyl sites for hydroxylation is 1. The number of Topliss-reactive ketones (excluding diaryl/α,β-unsaturated/α-hetero) is 1. The summed E-state index contributed by atoms with van der Waals surface area (Å²) in [5.74, 6) is 1.94. The Kier molecular flexibility index (Phi) is 4.79. The first-order valence-electron chi connectivity index (χ1n) is 12.4. The Morgan fingerprint density at radius 1 is 1.06 bits per heavy atom. The lowest BCUT2D eigenvalue weighted by molar-refractivity contribution is -0.0595. The molecule has 6 N–H and O–H groups in total. The minimum absolute atomic E-state index is 0.0116. The normalized spacial score (nSPS) is 49.6. The highest BCUT2D eigenvalue weighted by Gasteiger charge is 2.68. The van der Waals surface area contributed by atoms with Crippen molar-refractivity contribution in [2.75, 3.05) is 0 Å². The van der Waals surface area contributed by atoms with Gasteiger partial charge in [0.15, 0.2) is 5.82 Å². The first-order chi connectivity index (χ1) is 14.6. The molecule has 6 nitrogen and oxygen atoms in total. The van der Waals surface area contributed by atoms with Gasteiger partial charge in [-0.15, -0.1) is 0 Å². The summed E-state index contributed by atoms with van der Waals surface area (Å²) in [6.07, 6.45) is 13.6. The van der Waals surface area contributed by atoms with E-state index in [1.807, 2.05) is 17.8 Å². The summed E-state index contributed by atoms with van der Waals surface area (Å²) >= 11 is 0. The second-order valence-corrected chi connectivity index (χ2v) is 12.0. The number of hydrogen-bond donors (Lipinski definition) is 3. The Labute approximate surface area is 186 Å². The Balaban J connectivity index is 1.51. The summed E-state index contributed by atoms with van der Waals surface area (Å²) < 4.78 is 1.86. The summed E-state index contributed by atoms with van der Waals surface area (Å²) in [6.45, 7) is 4.65. The van der Waals surface area contributed by atoms with E-state index < -0.39 is 0 Å². The Morgan fingerprint density at radius 2 is 1.84 bits per heavy atom. The number of carbonyl (C=O) groups excluding carboxylic acids is 1. The van der Waals surface area contributed by atoms with E-state index in [9.17, 15) is 4.79 Å². The van der Waals surface area contributed by atoms with Crippen LogP contribution in [0, 0.1) is 29.1 Å². The number of hydrogen-bond acceptors (Lipinski definition) is 5. The predicted octanol–water partition coefficient (Wildman–Crippen LogP) is 3.14. The molecule has 1 aromatic rings. The molecule has 4 aliphatic carbocycles. The minimum Gasteiger partial charge on any atom is -0.332 e. The fourth-order valence-electron chi connectivity index (χ4n) is 8.88. The number of aromatic nitrogens is 2. The lowest BCUT2D eigenvalue weighted by Crippen LogP contribution is -2.80. The fraction of sp³-hybridized carbons (Fsp3) is 0.840. The van der Waals surface area contributed by atoms with Gasteiger partial charge in [-0.3, -0.25) is 4.79 Å². The van der Waals surface area contributed by atoms with E-state index in [1.165, 1.54) is 0 Å². The van der Waals surface area contributed by atoms with Crippen molar-refractivity contribution in [3.05, 3.63) is 18.2 Å². The van der Waals surface area contributed by atoms with Gasteiger partial charge in [0.05, 0.1) is 0 Å². The van der Waals surface area contributed by atoms with Gasteiger partial charge >= 0.3 is 0 Å². The number of rotatable bonds is 2. The molecule has 0 aliphatic heterocycles. The molecule has 0 amide bonds. The summed E-state index contributed by atoms with van der Waals surface area (Å²) in [7, 11) is 1.91. The molecule has 6 heteroatoms. The molecule has 0 aromatic carbocycles. The molecule has 8 atom stereocenters. The van der Waals surface area contributed by atoms with Crippen LogP contribution in [0.2, 0.25) is 0 Å². The topological polar surface area (TPSA) is 113 Å². The number of imidazole rings is 1. The van der Waals surface area contributed by atoms with Crippen molar-refractivity contribution in [1.82, 2.24) is 9.55 Å². The van der Waals surface area contributed by atoms with Gasteiger partial charge in [-0.1, -0.05) is 20.3 Å². The molecule has 4 fully saturated rings. The molecular formula is C25H41N5O. The summed E-state index contributed by atoms with van der Waals surface area (Å²) in [6, 6.07) is 0. The van der Waals surface area contributed by atoms with Gasteiger partial charge in [-0.25, -0.2) is 4.98 Å². The number of nitrogens with two attached hydrogens (primary N) is 3. The Bertz CT molecular complexity index is 883. The molecule has 2 unspecified atom stereocenters. The van der Waals surface area contributed by atoms with Crippen molar-refractivity contribution < 1.29 is 4.79 Å². The van der Waals surface area contributed by atoms with Crippen LogP contribution < -0.4 is 17.2 Å². The fourth-order valence-corrected chi connectivity index (χ4v) is 8.88. The van der Waals surface area contributed by atoms with Crippen LogP contribution in [0.1, 0.15) is 88.7 Å². The van der Waals surface area contributed by atoms with Gasteiger partial charge in [0.1, 0.15) is 0 Å². The van der Waals surface area contributed by atoms with E-state index in [-0.39, 0.29) is 39.7 Å². The standard InChI is InChI=1S/C25H41N5O/c1-16-8-10-25(28)19-5-4-9-22(2)17(20(31)21-29-13-14-30(21)3)6-7-18(22)24(19,27)12-11-23(25,26)15-16/h13-14,16-19H,4-12,15,26-28H2,1-3H3/t16-,17+,18?,19?,22+,23-,24+,25-/m0/s1. The summed E-state index contributed by atoms with van der Waals surface area (Å²) in [5.41, 5.74) is 20.7. The van der Waals surface area contributed by atoms with E-state index in [1.54, 1.807) is 6.20 Å². The van der Waals surface area contributed by atoms with Crippen molar-refractivity contribution in [2.24, 2.45) is 53.3 Å². The third-order valence-electron chi connectivity index (χ3n) is 10.5. The molecule has 5 rings (SSSR count). The minimum atomic E-state index is -0.389. The molecular weight excluding hydrogens is 386 g/mol. The Hall–Kier alpha value is -1.24. The van der Waals surface area contributed by atoms with E-state index in [0.29, 0.717) is 17.7 Å². The second-order valence-electron chi connectivity index (χ2n) is 12.0. The van der Waals surface area contributed by atoms with E-state index in [4.69, 9.17) is 17.2 Å². The van der Waals surface area contributed by atoms with Crippen LogP contribution in [0.4, 0.5) is 0 Å².